The first-order valence-corrected chi connectivity index (χ1v) is 2.81. The van der Waals surface area contributed by atoms with Crippen molar-refractivity contribution in [1.82, 2.24) is 5.32 Å². The minimum absolute atomic E-state index is 0.142. The number of rotatable bonds is 2. The van der Waals surface area contributed by atoms with Crippen LogP contribution in [-0.4, -0.2) is 6.04 Å². The second kappa shape index (κ2) is 3.06. The molecule has 0 amide bonds. The summed E-state index contributed by atoms with van der Waals surface area (Å²) in [7, 11) is 0. The van der Waals surface area contributed by atoms with E-state index >= 15 is 0 Å². The van der Waals surface area contributed by atoms with Crippen molar-refractivity contribution in [2.75, 3.05) is 0 Å². The van der Waals surface area contributed by atoms with E-state index in [0.29, 0.717) is 5.82 Å². The van der Waals surface area contributed by atoms with Crippen molar-refractivity contribution in [2.24, 2.45) is 17.2 Å². The van der Waals surface area contributed by atoms with Crippen molar-refractivity contribution in [3.05, 3.63) is 11.6 Å². The molecule has 0 rings (SSSR count). The summed E-state index contributed by atoms with van der Waals surface area (Å²) in [6.07, 6.45) is 0. The minimum atomic E-state index is 0.142. The van der Waals surface area contributed by atoms with E-state index in [1.807, 2.05) is 13.8 Å². The molecule has 4 heteroatoms. The fourth-order valence-corrected chi connectivity index (χ4v) is 0.394. The Hall–Kier alpha value is -1.06. The summed E-state index contributed by atoms with van der Waals surface area (Å²) < 4.78 is 0. The lowest BCUT2D eigenvalue weighted by Crippen LogP contribution is -2.32. The van der Waals surface area contributed by atoms with Gasteiger partial charge in [-0.05, 0) is 13.8 Å². The van der Waals surface area contributed by atoms with E-state index in [1.165, 1.54) is 0 Å². The summed E-state index contributed by atoms with van der Waals surface area (Å²) in [5.74, 6) is 0.494. The lowest BCUT2D eigenvalue weighted by molar-refractivity contribution is 0.654. The van der Waals surface area contributed by atoms with Gasteiger partial charge in [-0.25, -0.2) is 0 Å². The van der Waals surface area contributed by atoms with Crippen LogP contribution in [0, 0.1) is 0 Å². The van der Waals surface area contributed by atoms with Crippen LogP contribution >= 0.6 is 0 Å². The van der Waals surface area contributed by atoms with Crippen LogP contribution in [0.3, 0.4) is 0 Å². The van der Waals surface area contributed by atoms with E-state index in [0.717, 1.165) is 0 Å². The Morgan fingerprint density at radius 3 is 1.78 bits per heavy atom. The Balaban J connectivity index is 3.77. The highest BCUT2D eigenvalue weighted by Gasteiger charge is 1.94. The number of hydrogen-bond acceptors (Lipinski definition) is 4. The molecule has 0 bridgehead atoms. The average Bonchev–Trinajstić information content (AvgIpc) is 1.63. The SMILES string of the molecule is CC(C)NC(N)=C(N)N. The molecule has 54 valence electrons. The molecule has 0 atom stereocenters. The largest absolute Gasteiger partial charge is 0.383 e. The van der Waals surface area contributed by atoms with Crippen molar-refractivity contribution in [1.29, 1.82) is 0 Å². The van der Waals surface area contributed by atoms with Crippen LogP contribution in [0.5, 0.6) is 0 Å². The van der Waals surface area contributed by atoms with Gasteiger partial charge in [-0.3, -0.25) is 0 Å². The Kier molecular flexibility index (Phi) is 2.70. The maximum Gasteiger partial charge on any atom is 0.137 e. The number of hydrogen-bond donors (Lipinski definition) is 4. The summed E-state index contributed by atoms with van der Waals surface area (Å²) >= 11 is 0. The van der Waals surface area contributed by atoms with E-state index in [1.54, 1.807) is 0 Å². The molecule has 0 fully saturated rings. The first-order chi connectivity index (χ1) is 4.04. The molecule has 0 heterocycles. The molecule has 0 radical (unpaired) electrons. The Morgan fingerprint density at radius 2 is 1.67 bits per heavy atom. The van der Waals surface area contributed by atoms with Gasteiger partial charge in [0.15, 0.2) is 0 Å². The predicted octanol–water partition coefficient (Wildman–Crippen LogP) is -1.01. The van der Waals surface area contributed by atoms with Crippen LogP contribution in [0.4, 0.5) is 0 Å². The molecule has 0 aliphatic heterocycles. The number of nitrogens with two attached hydrogens (primary N) is 3. The van der Waals surface area contributed by atoms with Crippen LogP contribution < -0.4 is 22.5 Å². The zero-order valence-corrected chi connectivity index (χ0v) is 5.81. The predicted molar refractivity (Wildman–Crippen MR) is 37.9 cm³/mol. The molecule has 0 aromatic rings. The molecule has 9 heavy (non-hydrogen) atoms. The third-order valence-electron chi connectivity index (χ3n) is 0.755. The van der Waals surface area contributed by atoms with Gasteiger partial charge in [0.1, 0.15) is 11.6 Å². The smallest absolute Gasteiger partial charge is 0.137 e. The quantitative estimate of drug-likeness (QED) is 0.385. The fourth-order valence-electron chi connectivity index (χ4n) is 0.394. The molecule has 0 aliphatic carbocycles. The van der Waals surface area contributed by atoms with Crippen molar-refractivity contribution >= 4 is 0 Å². The van der Waals surface area contributed by atoms with E-state index in [4.69, 9.17) is 17.2 Å². The Bertz CT molecular complexity index is 112. The summed E-state index contributed by atoms with van der Waals surface area (Å²) in [4.78, 5) is 0. The molecule has 0 spiro atoms. The van der Waals surface area contributed by atoms with Crippen molar-refractivity contribution in [3.8, 4) is 0 Å². The normalized spacial score (nSPS) is 9.22. The van der Waals surface area contributed by atoms with Gasteiger partial charge < -0.3 is 22.5 Å². The Labute approximate surface area is 55.1 Å². The van der Waals surface area contributed by atoms with E-state index in [2.05, 4.69) is 5.32 Å². The van der Waals surface area contributed by atoms with Crippen LogP contribution in [0.25, 0.3) is 0 Å². The highest BCUT2D eigenvalue weighted by Crippen LogP contribution is 1.81. The fraction of sp³-hybridized carbons (Fsp3) is 0.600. The summed E-state index contributed by atoms with van der Waals surface area (Å²) in [5, 5.41) is 2.85. The van der Waals surface area contributed by atoms with Crippen molar-refractivity contribution in [3.63, 3.8) is 0 Å². The van der Waals surface area contributed by atoms with Gasteiger partial charge in [0.25, 0.3) is 0 Å². The van der Waals surface area contributed by atoms with Gasteiger partial charge in [-0.2, -0.15) is 0 Å². The van der Waals surface area contributed by atoms with Gasteiger partial charge >= 0.3 is 0 Å². The molecule has 0 saturated carbocycles. The minimum Gasteiger partial charge on any atom is -0.383 e. The second-order valence-electron chi connectivity index (χ2n) is 2.17. The summed E-state index contributed by atoms with van der Waals surface area (Å²) in [6, 6.07) is 0.270. The molecule has 0 saturated heterocycles. The molecule has 0 unspecified atom stereocenters. The van der Waals surface area contributed by atoms with Crippen LogP contribution in [-0.2, 0) is 0 Å². The summed E-state index contributed by atoms with van der Waals surface area (Å²) in [5.41, 5.74) is 15.6. The van der Waals surface area contributed by atoms with Crippen molar-refractivity contribution in [2.45, 2.75) is 19.9 Å². The number of nitrogens with one attached hydrogen (secondary N) is 1. The van der Waals surface area contributed by atoms with Gasteiger partial charge in [-0.15, -0.1) is 0 Å². The summed E-state index contributed by atoms with van der Waals surface area (Å²) in [6.45, 7) is 3.91. The standard InChI is InChI=1S/C5H14N4/c1-3(2)9-5(8)4(6)7/h3,9H,6-8H2,1-2H3. The molecular weight excluding hydrogens is 116 g/mol. The first kappa shape index (κ1) is 7.94. The maximum absolute atomic E-state index is 5.34. The van der Waals surface area contributed by atoms with Crippen LogP contribution in [0.15, 0.2) is 11.6 Å². The third-order valence-corrected chi connectivity index (χ3v) is 0.755. The molecule has 0 aromatic heterocycles. The van der Waals surface area contributed by atoms with E-state index < -0.39 is 0 Å². The molecular formula is C5H14N4. The van der Waals surface area contributed by atoms with Crippen LogP contribution in [0.1, 0.15) is 13.8 Å². The van der Waals surface area contributed by atoms with Gasteiger partial charge in [-0.1, -0.05) is 0 Å². The molecule has 4 nitrogen and oxygen atoms in total. The highest BCUT2D eigenvalue weighted by atomic mass is 15.0. The highest BCUT2D eigenvalue weighted by molar-refractivity contribution is 5.01. The van der Waals surface area contributed by atoms with Crippen molar-refractivity contribution < 1.29 is 0 Å². The lowest BCUT2D eigenvalue weighted by atomic mass is 10.4. The topological polar surface area (TPSA) is 90.1 Å². The monoisotopic (exact) mass is 130 g/mol. The maximum atomic E-state index is 5.34. The Morgan fingerprint density at radius 1 is 1.22 bits per heavy atom. The van der Waals surface area contributed by atoms with E-state index in [-0.39, 0.29) is 11.9 Å². The zero-order chi connectivity index (χ0) is 7.44. The molecule has 7 N–H and O–H groups in total. The molecule has 0 aliphatic rings. The molecule has 0 aromatic carbocycles. The van der Waals surface area contributed by atoms with Crippen LogP contribution in [0.2, 0.25) is 0 Å². The van der Waals surface area contributed by atoms with Gasteiger partial charge in [0.2, 0.25) is 0 Å². The lowest BCUT2D eigenvalue weighted by Gasteiger charge is -2.09. The van der Waals surface area contributed by atoms with Gasteiger partial charge in [0.05, 0.1) is 0 Å². The van der Waals surface area contributed by atoms with E-state index in [9.17, 15) is 0 Å². The first-order valence-electron chi connectivity index (χ1n) is 2.81. The third kappa shape index (κ3) is 3.52. The second-order valence-corrected chi connectivity index (χ2v) is 2.17. The van der Waals surface area contributed by atoms with Gasteiger partial charge in [0, 0.05) is 6.04 Å². The zero-order valence-electron chi connectivity index (χ0n) is 5.81. The average molecular weight is 130 g/mol.